The Hall–Kier alpha value is -1.59. The number of aryl methyl sites for hydroxylation is 1. The molecule has 0 unspecified atom stereocenters. The molecular weight excluding hydrogens is 289 g/mol. The Kier molecular flexibility index (Phi) is 3.78. The maximum atomic E-state index is 12.8. The number of nitrogens with one attached hydrogen (secondary N) is 1. The lowest BCUT2D eigenvalue weighted by molar-refractivity contribution is 0.599. The first-order valence-corrected chi connectivity index (χ1v) is 7.29. The van der Waals surface area contributed by atoms with E-state index >= 15 is 0 Å². The maximum absolute atomic E-state index is 12.8. The number of sulfonamides is 1. The Balaban J connectivity index is 2.33. The molecule has 0 aliphatic heterocycles. The lowest BCUT2D eigenvalue weighted by atomic mass is 10.2. The number of anilines is 1. The van der Waals surface area contributed by atoms with Crippen LogP contribution in [0.3, 0.4) is 0 Å². The lowest BCUT2D eigenvalue weighted by Crippen LogP contribution is -2.13. The van der Waals surface area contributed by atoms with Crippen molar-refractivity contribution in [2.45, 2.75) is 11.8 Å². The van der Waals surface area contributed by atoms with Crippen molar-refractivity contribution in [3.05, 3.63) is 58.9 Å². The van der Waals surface area contributed by atoms with Crippen LogP contribution in [0.1, 0.15) is 5.56 Å². The van der Waals surface area contributed by atoms with E-state index < -0.39 is 15.8 Å². The minimum absolute atomic E-state index is 0.00301. The van der Waals surface area contributed by atoms with Gasteiger partial charge in [0, 0.05) is 5.02 Å². The van der Waals surface area contributed by atoms with Gasteiger partial charge in [0.15, 0.2) is 0 Å². The average molecular weight is 300 g/mol. The summed E-state index contributed by atoms with van der Waals surface area (Å²) >= 11 is 5.80. The highest BCUT2D eigenvalue weighted by molar-refractivity contribution is 7.92. The summed E-state index contributed by atoms with van der Waals surface area (Å²) in [6, 6.07) is 9.46. The second-order valence-electron chi connectivity index (χ2n) is 4.02. The third-order valence-electron chi connectivity index (χ3n) is 2.56. The van der Waals surface area contributed by atoms with Crippen LogP contribution in [0.25, 0.3) is 0 Å². The minimum atomic E-state index is -3.73. The fourth-order valence-corrected chi connectivity index (χ4v) is 2.92. The summed E-state index contributed by atoms with van der Waals surface area (Å²) in [5, 5.41) is 0.530. The van der Waals surface area contributed by atoms with Crippen LogP contribution in [-0.4, -0.2) is 8.42 Å². The zero-order chi connectivity index (χ0) is 14.0. The molecule has 2 aromatic rings. The van der Waals surface area contributed by atoms with Crippen LogP contribution in [0.5, 0.6) is 0 Å². The van der Waals surface area contributed by atoms with E-state index in [0.29, 0.717) is 16.3 Å². The summed E-state index contributed by atoms with van der Waals surface area (Å²) in [7, 11) is -3.73. The molecule has 6 heteroatoms. The van der Waals surface area contributed by atoms with E-state index in [-0.39, 0.29) is 4.90 Å². The molecule has 0 saturated heterocycles. The Morgan fingerprint density at radius 2 is 1.74 bits per heavy atom. The van der Waals surface area contributed by atoms with Crippen molar-refractivity contribution in [2.75, 3.05) is 4.72 Å². The van der Waals surface area contributed by atoms with E-state index in [0.717, 1.165) is 12.1 Å². The Bertz CT molecular complexity index is 699. The molecule has 0 aromatic heterocycles. The van der Waals surface area contributed by atoms with Gasteiger partial charge in [0.1, 0.15) is 5.82 Å². The molecule has 0 amide bonds. The van der Waals surface area contributed by atoms with Crippen molar-refractivity contribution < 1.29 is 12.8 Å². The highest BCUT2D eigenvalue weighted by Gasteiger charge is 2.15. The second kappa shape index (κ2) is 5.19. The Morgan fingerprint density at radius 1 is 1.11 bits per heavy atom. The maximum Gasteiger partial charge on any atom is 0.261 e. The predicted octanol–water partition coefficient (Wildman–Crippen LogP) is 3.59. The molecule has 0 spiro atoms. The van der Waals surface area contributed by atoms with Crippen molar-refractivity contribution in [2.24, 2.45) is 0 Å². The highest BCUT2D eigenvalue weighted by atomic mass is 35.5. The molecule has 2 aromatic carbocycles. The van der Waals surface area contributed by atoms with Gasteiger partial charge in [-0.1, -0.05) is 11.6 Å². The summed E-state index contributed by atoms with van der Waals surface area (Å²) < 4.78 is 39.4. The predicted molar refractivity (Wildman–Crippen MR) is 73.4 cm³/mol. The molecular formula is C13H11ClFNO2S. The molecule has 19 heavy (non-hydrogen) atoms. The molecule has 1 N–H and O–H groups in total. The lowest BCUT2D eigenvalue weighted by Gasteiger charge is -2.10. The van der Waals surface area contributed by atoms with E-state index in [4.69, 9.17) is 11.6 Å². The summed E-state index contributed by atoms with van der Waals surface area (Å²) in [6.45, 7) is 1.74. The number of halogens is 2. The molecule has 0 bridgehead atoms. The quantitative estimate of drug-likeness (QED) is 0.941. The molecule has 0 aliphatic carbocycles. The zero-order valence-electron chi connectivity index (χ0n) is 10.0. The van der Waals surface area contributed by atoms with Crippen molar-refractivity contribution in [1.82, 2.24) is 0 Å². The van der Waals surface area contributed by atoms with Crippen LogP contribution < -0.4 is 4.72 Å². The topological polar surface area (TPSA) is 46.2 Å². The van der Waals surface area contributed by atoms with Crippen molar-refractivity contribution in [3.63, 3.8) is 0 Å². The molecule has 0 fully saturated rings. The average Bonchev–Trinajstić information content (AvgIpc) is 2.33. The highest BCUT2D eigenvalue weighted by Crippen LogP contribution is 2.22. The SMILES string of the molecule is Cc1cc(Cl)ccc1NS(=O)(=O)c1ccc(F)cc1. The van der Waals surface area contributed by atoms with E-state index in [2.05, 4.69) is 4.72 Å². The molecule has 100 valence electrons. The molecule has 0 heterocycles. The standard InChI is InChI=1S/C13H11ClFNO2S/c1-9-8-10(14)2-7-13(9)16-19(17,18)12-5-3-11(15)4-6-12/h2-8,16H,1H3. The molecule has 2 rings (SSSR count). The monoisotopic (exact) mass is 299 g/mol. The minimum Gasteiger partial charge on any atom is -0.279 e. The van der Waals surface area contributed by atoms with Crippen LogP contribution in [0.4, 0.5) is 10.1 Å². The fraction of sp³-hybridized carbons (Fsp3) is 0.0769. The molecule has 0 radical (unpaired) electrons. The van der Waals surface area contributed by atoms with Crippen LogP contribution in [0.15, 0.2) is 47.4 Å². The summed E-state index contributed by atoms with van der Waals surface area (Å²) in [6.07, 6.45) is 0. The van der Waals surface area contributed by atoms with Gasteiger partial charge in [0.25, 0.3) is 10.0 Å². The molecule has 3 nitrogen and oxygen atoms in total. The molecule has 0 saturated carbocycles. The van der Waals surface area contributed by atoms with Gasteiger partial charge in [-0.2, -0.15) is 0 Å². The number of benzene rings is 2. The van der Waals surface area contributed by atoms with Crippen molar-refractivity contribution in [1.29, 1.82) is 0 Å². The smallest absolute Gasteiger partial charge is 0.261 e. The number of hydrogen-bond donors (Lipinski definition) is 1. The van der Waals surface area contributed by atoms with E-state index in [9.17, 15) is 12.8 Å². The van der Waals surface area contributed by atoms with Crippen LogP contribution in [0.2, 0.25) is 5.02 Å². The van der Waals surface area contributed by atoms with Crippen molar-refractivity contribution in [3.8, 4) is 0 Å². The number of hydrogen-bond acceptors (Lipinski definition) is 2. The van der Waals surface area contributed by atoms with Gasteiger partial charge in [-0.15, -0.1) is 0 Å². The van der Waals surface area contributed by atoms with E-state index in [1.54, 1.807) is 25.1 Å². The fourth-order valence-electron chi connectivity index (χ4n) is 1.56. The van der Waals surface area contributed by atoms with Crippen molar-refractivity contribution >= 4 is 27.3 Å². The van der Waals surface area contributed by atoms with Gasteiger partial charge in [-0.05, 0) is 55.0 Å². The molecule has 0 aliphatic rings. The number of rotatable bonds is 3. The third-order valence-corrected chi connectivity index (χ3v) is 4.17. The van der Waals surface area contributed by atoms with Gasteiger partial charge in [0.2, 0.25) is 0 Å². The Morgan fingerprint density at radius 3 is 2.32 bits per heavy atom. The van der Waals surface area contributed by atoms with Crippen LogP contribution >= 0.6 is 11.6 Å². The molecule has 0 atom stereocenters. The first-order valence-electron chi connectivity index (χ1n) is 5.43. The van der Waals surface area contributed by atoms with Gasteiger partial charge >= 0.3 is 0 Å². The van der Waals surface area contributed by atoms with Crippen LogP contribution in [0, 0.1) is 12.7 Å². The normalized spacial score (nSPS) is 11.3. The van der Waals surface area contributed by atoms with Gasteiger partial charge in [-0.3, -0.25) is 4.72 Å². The summed E-state index contributed by atoms with van der Waals surface area (Å²) in [5.41, 5.74) is 1.15. The zero-order valence-corrected chi connectivity index (χ0v) is 11.6. The van der Waals surface area contributed by atoms with Crippen LogP contribution in [-0.2, 0) is 10.0 Å². The second-order valence-corrected chi connectivity index (χ2v) is 6.14. The first kappa shape index (κ1) is 13.8. The van der Waals surface area contributed by atoms with E-state index in [1.165, 1.54) is 12.1 Å². The van der Waals surface area contributed by atoms with E-state index in [1.807, 2.05) is 0 Å². The third kappa shape index (κ3) is 3.24. The summed E-state index contributed by atoms with van der Waals surface area (Å²) in [5.74, 6) is -0.485. The first-order chi connectivity index (χ1) is 8.88. The van der Waals surface area contributed by atoms with Gasteiger partial charge in [-0.25, -0.2) is 12.8 Å². The van der Waals surface area contributed by atoms with Gasteiger partial charge in [0.05, 0.1) is 10.6 Å². The largest absolute Gasteiger partial charge is 0.279 e. The van der Waals surface area contributed by atoms with Gasteiger partial charge < -0.3 is 0 Å². The summed E-state index contributed by atoms with van der Waals surface area (Å²) in [4.78, 5) is 0.00301. The Labute approximate surface area is 116 Å².